The van der Waals surface area contributed by atoms with Crippen molar-refractivity contribution in [3.8, 4) is 6.01 Å². The van der Waals surface area contributed by atoms with Gasteiger partial charge in [0.2, 0.25) is 11.9 Å². The molecule has 1 spiro atoms. The Kier molecular flexibility index (Phi) is 9.89. The topological polar surface area (TPSA) is 142 Å². The number of carbonyl (C=O) groups is 3. The maximum absolute atomic E-state index is 13.5. The number of hydrogen-bond donors (Lipinski definition) is 3. The predicted molar refractivity (Wildman–Crippen MR) is 186 cm³/mol. The smallest absolute Gasteiger partial charge is 0.422 e. The summed E-state index contributed by atoms with van der Waals surface area (Å²) in [5.74, 6) is -1.20. The first-order valence-electron chi connectivity index (χ1n) is 17.6. The fourth-order valence-corrected chi connectivity index (χ4v) is 7.59. The predicted octanol–water partition coefficient (Wildman–Crippen LogP) is 5.82. The summed E-state index contributed by atoms with van der Waals surface area (Å²) in [6.07, 6.45) is 3.46. The Labute approximate surface area is 303 Å². The van der Waals surface area contributed by atoms with Gasteiger partial charge in [0.15, 0.2) is 6.61 Å². The van der Waals surface area contributed by atoms with Gasteiger partial charge in [-0.3, -0.25) is 14.4 Å². The molecule has 7 rings (SSSR count). The van der Waals surface area contributed by atoms with Crippen molar-refractivity contribution in [1.82, 2.24) is 30.1 Å². The molecule has 2 saturated carbocycles. The van der Waals surface area contributed by atoms with Crippen LogP contribution >= 0.6 is 11.6 Å². The molecule has 4 aliphatic rings. The monoisotopic (exact) mass is 740 g/mol. The third-order valence-corrected chi connectivity index (χ3v) is 10.7. The van der Waals surface area contributed by atoms with Crippen LogP contribution in [0, 0.1) is 5.41 Å². The number of alkyl halides is 3. The van der Waals surface area contributed by atoms with E-state index in [2.05, 4.69) is 30.9 Å². The highest BCUT2D eigenvalue weighted by Crippen LogP contribution is 2.48. The van der Waals surface area contributed by atoms with E-state index in [1.807, 2.05) is 12.1 Å². The molecule has 0 bridgehead atoms. The van der Waals surface area contributed by atoms with E-state index in [-0.39, 0.29) is 29.3 Å². The molecule has 1 unspecified atom stereocenters. The maximum atomic E-state index is 13.5. The molecule has 1 aromatic heterocycles. The van der Waals surface area contributed by atoms with Gasteiger partial charge in [0.1, 0.15) is 0 Å². The standard InChI is InChI=1S/C36H40ClF3N8O4/c37-25-10-8-24(9-11-25)35(14-15-35)46-32-43-31(44-33(45-32)52-22-36(38,39)40)42-27-12-6-23(7-13-27)29(50)47-18-16-34(20-47)17-19-48(21-34)30(51)28(49)41-26-4-2-1-3-5-26/h6-13,26H,1-5,14-22H2,(H,41,49)(H2,42,43,44,45,46). The fraction of sp³-hybridized carbons (Fsp3) is 0.500. The van der Waals surface area contributed by atoms with E-state index in [4.69, 9.17) is 16.3 Å². The summed E-state index contributed by atoms with van der Waals surface area (Å²) in [6.45, 7) is 0.372. The number of carbonyl (C=O) groups excluding carboxylic acids is 3. The number of anilines is 3. The summed E-state index contributed by atoms with van der Waals surface area (Å²) in [5.41, 5.74) is 1.12. The van der Waals surface area contributed by atoms with Gasteiger partial charge in [-0.2, -0.15) is 28.1 Å². The second kappa shape index (κ2) is 14.4. The van der Waals surface area contributed by atoms with Crippen molar-refractivity contribution >= 4 is 46.9 Å². The van der Waals surface area contributed by atoms with Crippen LogP contribution in [0.3, 0.4) is 0 Å². The third-order valence-electron chi connectivity index (χ3n) is 10.5. The zero-order chi connectivity index (χ0) is 36.5. The van der Waals surface area contributed by atoms with Crippen LogP contribution in [0.1, 0.15) is 73.7 Å². The molecular weight excluding hydrogens is 701 g/mol. The number of nitrogens with zero attached hydrogens (tertiary/aromatic N) is 5. The van der Waals surface area contributed by atoms with Gasteiger partial charge in [-0.1, -0.05) is 43.0 Å². The normalized spacial score (nSPS) is 21.2. The number of rotatable bonds is 9. The number of aromatic nitrogens is 3. The highest BCUT2D eigenvalue weighted by molar-refractivity contribution is 6.35. The molecule has 2 saturated heterocycles. The summed E-state index contributed by atoms with van der Waals surface area (Å²) in [5, 5.41) is 9.72. The summed E-state index contributed by atoms with van der Waals surface area (Å²) in [7, 11) is 0. The van der Waals surface area contributed by atoms with Gasteiger partial charge in [-0.15, -0.1) is 0 Å². The molecule has 276 valence electrons. The number of halogens is 4. The minimum atomic E-state index is -4.59. The fourth-order valence-electron chi connectivity index (χ4n) is 7.47. The molecular formula is C36H40ClF3N8O4. The molecule has 2 aliphatic carbocycles. The molecule has 52 heavy (non-hydrogen) atoms. The maximum Gasteiger partial charge on any atom is 0.422 e. The molecule has 4 fully saturated rings. The Morgan fingerprint density at radius 3 is 2.17 bits per heavy atom. The molecule has 16 heteroatoms. The number of likely N-dealkylation sites (tertiary alicyclic amines) is 2. The number of hydrogen-bond acceptors (Lipinski definition) is 9. The van der Waals surface area contributed by atoms with Gasteiger partial charge >= 0.3 is 24.0 Å². The zero-order valence-corrected chi connectivity index (χ0v) is 29.2. The van der Waals surface area contributed by atoms with Crippen molar-refractivity contribution in [1.29, 1.82) is 0 Å². The highest BCUT2D eigenvalue weighted by atomic mass is 35.5. The zero-order valence-electron chi connectivity index (χ0n) is 28.5. The van der Waals surface area contributed by atoms with E-state index < -0.39 is 36.1 Å². The van der Waals surface area contributed by atoms with Gasteiger partial charge in [0.05, 0.1) is 5.54 Å². The molecule has 12 nitrogen and oxygen atoms in total. The summed E-state index contributed by atoms with van der Waals surface area (Å²) >= 11 is 6.05. The highest BCUT2D eigenvalue weighted by Gasteiger charge is 2.47. The summed E-state index contributed by atoms with van der Waals surface area (Å²) in [6, 6.07) is 13.4. The molecule has 3 heterocycles. The van der Waals surface area contributed by atoms with Crippen molar-refractivity contribution in [2.24, 2.45) is 5.41 Å². The van der Waals surface area contributed by atoms with Crippen LogP contribution in [0.25, 0.3) is 0 Å². The molecule has 3 N–H and O–H groups in total. The van der Waals surface area contributed by atoms with Crippen LogP contribution in [-0.4, -0.2) is 87.5 Å². The number of nitrogens with one attached hydrogen (secondary N) is 3. The SMILES string of the molecule is O=C(NC1CCCCC1)C(=O)N1CCC2(CCN(C(=O)c3ccc(Nc4nc(NC5(c6ccc(Cl)cc6)CC5)nc(OCC(F)(F)F)n4)cc3)C2)C1. The van der Waals surface area contributed by atoms with Gasteiger partial charge in [-0.25, -0.2) is 0 Å². The van der Waals surface area contributed by atoms with Crippen LogP contribution in [0.4, 0.5) is 30.8 Å². The first-order valence-corrected chi connectivity index (χ1v) is 18.0. The Hall–Kier alpha value is -4.66. The van der Waals surface area contributed by atoms with E-state index in [0.29, 0.717) is 42.5 Å². The van der Waals surface area contributed by atoms with Gasteiger partial charge in [0.25, 0.3) is 5.91 Å². The van der Waals surface area contributed by atoms with Crippen LogP contribution in [0.15, 0.2) is 48.5 Å². The second-order valence-electron chi connectivity index (χ2n) is 14.3. The largest absolute Gasteiger partial charge is 0.454 e. The Bertz CT molecular complexity index is 1800. The summed E-state index contributed by atoms with van der Waals surface area (Å²) < 4.78 is 43.8. The molecule has 2 aromatic carbocycles. The molecule has 2 aliphatic heterocycles. The average Bonchev–Trinajstić information content (AvgIpc) is 3.59. The van der Waals surface area contributed by atoms with Crippen LogP contribution in [0.5, 0.6) is 6.01 Å². The molecule has 0 radical (unpaired) electrons. The number of benzene rings is 2. The Morgan fingerprint density at radius 1 is 0.846 bits per heavy atom. The van der Waals surface area contributed by atoms with E-state index in [1.54, 1.807) is 46.2 Å². The van der Waals surface area contributed by atoms with Crippen LogP contribution in [-0.2, 0) is 15.1 Å². The lowest BCUT2D eigenvalue weighted by molar-refractivity contribution is -0.154. The Balaban J connectivity index is 0.979. The van der Waals surface area contributed by atoms with Crippen molar-refractivity contribution in [3.05, 3.63) is 64.7 Å². The number of amides is 3. The van der Waals surface area contributed by atoms with Crippen molar-refractivity contribution < 1.29 is 32.3 Å². The first-order chi connectivity index (χ1) is 24.9. The quantitative estimate of drug-likeness (QED) is 0.231. The second-order valence-corrected chi connectivity index (χ2v) is 14.8. The van der Waals surface area contributed by atoms with Gasteiger partial charge < -0.3 is 30.5 Å². The van der Waals surface area contributed by atoms with Gasteiger partial charge in [0, 0.05) is 53.9 Å². The van der Waals surface area contributed by atoms with E-state index in [0.717, 1.165) is 63.4 Å². The molecule has 3 aromatic rings. The first kappa shape index (κ1) is 35.7. The van der Waals surface area contributed by atoms with Crippen LogP contribution in [0.2, 0.25) is 5.02 Å². The van der Waals surface area contributed by atoms with Crippen LogP contribution < -0.4 is 20.7 Å². The lowest BCUT2D eigenvalue weighted by Crippen LogP contribution is -2.47. The van der Waals surface area contributed by atoms with E-state index in [1.165, 1.54) is 0 Å². The number of ether oxygens (including phenoxy) is 1. The molecule has 1 atom stereocenters. The minimum Gasteiger partial charge on any atom is -0.454 e. The third kappa shape index (κ3) is 8.35. The lowest BCUT2D eigenvalue weighted by atomic mass is 9.86. The van der Waals surface area contributed by atoms with Crippen molar-refractivity contribution in [2.45, 2.75) is 75.5 Å². The van der Waals surface area contributed by atoms with Crippen molar-refractivity contribution in [2.75, 3.05) is 43.4 Å². The average molecular weight is 741 g/mol. The van der Waals surface area contributed by atoms with Gasteiger partial charge in [-0.05, 0) is 80.5 Å². The van der Waals surface area contributed by atoms with E-state index in [9.17, 15) is 27.6 Å². The molecule has 3 amide bonds. The lowest BCUT2D eigenvalue weighted by Gasteiger charge is -2.26. The van der Waals surface area contributed by atoms with E-state index >= 15 is 0 Å². The Morgan fingerprint density at radius 2 is 1.50 bits per heavy atom. The van der Waals surface area contributed by atoms with Crippen molar-refractivity contribution in [3.63, 3.8) is 0 Å². The minimum absolute atomic E-state index is 0.0360. The summed E-state index contributed by atoms with van der Waals surface area (Å²) in [4.78, 5) is 55.1.